The van der Waals surface area contributed by atoms with Crippen LogP contribution in [0.1, 0.15) is 36.7 Å². The maximum Gasteiger partial charge on any atom is 0.276 e. The number of fused-ring (bicyclic) bond motifs is 1. The first-order valence-electron chi connectivity index (χ1n) is 9.55. The maximum absolute atomic E-state index is 12.9. The van der Waals surface area contributed by atoms with Gasteiger partial charge in [0.05, 0.1) is 5.39 Å². The first kappa shape index (κ1) is 20.1. The summed E-state index contributed by atoms with van der Waals surface area (Å²) in [4.78, 5) is 25.6. The number of rotatable bonds is 8. The van der Waals surface area contributed by atoms with Gasteiger partial charge in [-0.15, -0.1) is 0 Å². The van der Waals surface area contributed by atoms with Gasteiger partial charge in [0.1, 0.15) is 11.8 Å². The summed E-state index contributed by atoms with van der Waals surface area (Å²) < 4.78 is 6.59. The minimum atomic E-state index is -0.392. The maximum atomic E-state index is 12.9. The Balaban J connectivity index is 1.89. The number of benzene rings is 2. The number of amides is 1. The molecule has 0 radical (unpaired) electrons. The summed E-state index contributed by atoms with van der Waals surface area (Å²) in [5.74, 6) is 0.147. The zero-order chi connectivity index (χ0) is 20.6. The molecule has 0 spiro atoms. The van der Waals surface area contributed by atoms with Crippen molar-refractivity contribution in [2.75, 3.05) is 11.9 Å². The Morgan fingerprint density at radius 2 is 1.86 bits per heavy atom. The van der Waals surface area contributed by atoms with E-state index in [1.165, 1.54) is 4.68 Å². The number of ether oxygens (including phenoxy) is 1. The van der Waals surface area contributed by atoms with Gasteiger partial charge in [0.15, 0.2) is 12.3 Å². The smallest absolute Gasteiger partial charge is 0.276 e. The minimum absolute atomic E-state index is 0.0405. The van der Waals surface area contributed by atoms with Crippen LogP contribution in [-0.2, 0) is 6.54 Å². The van der Waals surface area contributed by atoms with Crippen molar-refractivity contribution in [3.8, 4) is 11.8 Å². The van der Waals surface area contributed by atoms with Crippen LogP contribution in [0.15, 0.2) is 53.3 Å². The van der Waals surface area contributed by atoms with Gasteiger partial charge in [-0.05, 0) is 36.8 Å². The second-order valence-corrected chi connectivity index (χ2v) is 6.55. The highest BCUT2D eigenvalue weighted by molar-refractivity contribution is 6.11. The number of nitriles is 1. The van der Waals surface area contributed by atoms with Crippen molar-refractivity contribution >= 4 is 22.4 Å². The van der Waals surface area contributed by atoms with E-state index in [2.05, 4.69) is 17.3 Å². The molecule has 1 aromatic heterocycles. The van der Waals surface area contributed by atoms with Crippen molar-refractivity contribution in [2.24, 2.45) is 0 Å². The summed E-state index contributed by atoms with van der Waals surface area (Å²) in [6, 6.07) is 15.6. The fourth-order valence-electron chi connectivity index (χ4n) is 3.01. The van der Waals surface area contributed by atoms with E-state index in [1.807, 2.05) is 6.07 Å². The molecule has 0 saturated heterocycles. The van der Waals surface area contributed by atoms with Crippen LogP contribution in [0, 0.1) is 11.3 Å². The van der Waals surface area contributed by atoms with Crippen molar-refractivity contribution in [3.05, 3.63) is 64.6 Å². The number of nitrogens with zero attached hydrogens (tertiary/aromatic N) is 3. The van der Waals surface area contributed by atoms with E-state index in [1.54, 1.807) is 48.5 Å². The predicted molar refractivity (Wildman–Crippen MR) is 111 cm³/mol. The van der Waals surface area contributed by atoms with E-state index in [9.17, 15) is 9.59 Å². The Hall–Kier alpha value is -3.66. The van der Waals surface area contributed by atoms with Gasteiger partial charge < -0.3 is 10.1 Å². The molecule has 1 heterocycles. The molecule has 1 N–H and O–H groups in total. The van der Waals surface area contributed by atoms with Gasteiger partial charge in [0.2, 0.25) is 0 Å². The fourth-order valence-corrected chi connectivity index (χ4v) is 3.01. The zero-order valence-electron chi connectivity index (χ0n) is 16.2. The van der Waals surface area contributed by atoms with Crippen molar-refractivity contribution < 1.29 is 9.53 Å². The lowest BCUT2D eigenvalue weighted by Gasteiger charge is -2.11. The van der Waals surface area contributed by atoms with Crippen LogP contribution < -0.4 is 15.6 Å². The molecule has 0 aliphatic heterocycles. The lowest BCUT2D eigenvalue weighted by molar-refractivity contribution is 0.102. The van der Waals surface area contributed by atoms with Crippen LogP contribution >= 0.6 is 0 Å². The largest absolute Gasteiger partial charge is 0.479 e. The molecule has 0 unspecified atom stereocenters. The van der Waals surface area contributed by atoms with E-state index in [0.717, 1.165) is 19.3 Å². The second-order valence-electron chi connectivity index (χ2n) is 6.55. The Morgan fingerprint density at radius 1 is 1.14 bits per heavy atom. The topological polar surface area (TPSA) is 97.0 Å². The fraction of sp³-hybridized carbons (Fsp3) is 0.273. The Bertz CT molecular complexity index is 1100. The van der Waals surface area contributed by atoms with Crippen LogP contribution in [0.2, 0.25) is 0 Å². The van der Waals surface area contributed by atoms with Crippen molar-refractivity contribution in [3.63, 3.8) is 0 Å². The highest BCUT2D eigenvalue weighted by Gasteiger charge is 2.16. The Morgan fingerprint density at radius 3 is 2.55 bits per heavy atom. The van der Waals surface area contributed by atoms with Crippen LogP contribution in [0.3, 0.4) is 0 Å². The summed E-state index contributed by atoms with van der Waals surface area (Å²) in [5, 5.41) is 16.7. The Kier molecular flexibility index (Phi) is 6.59. The van der Waals surface area contributed by atoms with Gasteiger partial charge in [-0.2, -0.15) is 10.4 Å². The molecular formula is C22H22N4O3. The van der Waals surface area contributed by atoms with Crippen LogP contribution in [-0.4, -0.2) is 22.3 Å². The summed E-state index contributed by atoms with van der Waals surface area (Å²) in [5.41, 5.74) is 0.586. The molecule has 0 bridgehead atoms. The highest BCUT2D eigenvalue weighted by Crippen LogP contribution is 2.18. The molecule has 0 atom stereocenters. The van der Waals surface area contributed by atoms with Gasteiger partial charge >= 0.3 is 0 Å². The average molecular weight is 390 g/mol. The monoisotopic (exact) mass is 390 g/mol. The molecule has 3 rings (SSSR count). The number of anilines is 1. The summed E-state index contributed by atoms with van der Waals surface area (Å²) >= 11 is 0. The number of aromatic nitrogens is 2. The summed E-state index contributed by atoms with van der Waals surface area (Å²) in [7, 11) is 0. The molecular weight excluding hydrogens is 368 g/mol. The first-order chi connectivity index (χ1) is 14.1. The molecule has 0 saturated carbocycles. The summed E-state index contributed by atoms with van der Waals surface area (Å²) in [6.45, 7) is 2.52. The molecule has 2 aromatic carbocycles. The van der Waals surface area contributed by atoms with Crippen LogP contribution in [0.5, 0.6) is 5.75 Å². The molecule has 0 fully saturated rings. The number of carbonyl (C=O) groups is 1. The van der Waals surface area contributed by atoms with E-state index in [-0.39, 0.29) is 17.9 Å². The van der Waals surface area contributed by atoms with Crippen molar-refractivity contribution in [2.45, 2.75) is 32.7 Å². The third-order valence-electron chi connectivity index (χ3n) is 4.47. The molecule has 1 amide bonds. The number of hydrogen-bond donors (Lipinski definition) is 1. The molecule has 0 aliphatic rings. The standard InChI is InChI=1S/C22H22N4O3/c1-2-3-6-14-26-22(28)19-8-5-4-7-18(19)20(25-26)21(27)24-16-9-11-17(12-10-16)29-15-13-23/h4-5,7-12H,2-3,6,14-15H2,1H3,(H,24,27). The third-order valence-corrected chi connectivity index (χ3v) is 4.47. The number of hydrogen-bond acceptors (Lipinski definition) is 5. The highest BCUT2D eigenvalue weighted by atomic mass is 16.5. The van der Waals surface area contributed by atoms with Crippen LogP contribution in [0.25, 0.3) is 10.8 Å². The second kappa shape index (κ2) is 9.51. The predicted octanol–water partition coefficient (Wildman–Crippen LogP) is 3.74. The SMILES string of the molecule is CCCCCn1nc(C(=O)Nc2ccc(OCC#N)cc2)c2ccccc2c1=O. The number of aryl methyl sites for hydroxylation is 1. The normalized spacial score (nSPS) is 10.5. The first-order valence-corrected chi connectivity index (χ1v) is 9.55. The third kappa shape index (κ3) is 4.79. The van der Waals surface area contributed by atoms with E-state index in [0.29, 0.717) is 28.8 Å². The molecule has 3 aromatic rings. The lowest BCUT2D eigenvalue weighted by atomic mass is 10.1. The van der Waals surface area contributed by atoms with Gasteiger partial charge in [0, 0.05) is 17.6 Å². The molecule has 29 heavy (non-hydrogen) atoms. The number of nitrogens with one attached hydrogen (secondary N) is 1. The minimum Gasteiger partial charge on any atom is -0.479 e. The van der Waals surface area contributed by atoms with E-state index < -0.39 is 5.91 Å². The van der Waals surface area contributed by atoms with Gasteiger partial charge in [-0.25, -0.2) is 4.68 Å². The van der Waals surface area contributed by atoms with Gasteiger partial charge in [-0.1, -0.05) is 38.0 Å². The molecule has 0 aliphatic carbocycles. The molecule has 7 heteroatoms. The quantitative estimate of drug-likeness (QED) is 0.591. The van der Waals surface area contributed by atoms with Gasteiger partial charge in [0.25, 0.3) is 11.5 Å². The Labute approximate surface area is 168 Å². The van der Waals surface area contributed by atoms with E-state index >= 15 is 0 Å². The lowest BCUT2D eigenvalue weighted by Crippen LogP contribution is -2.27. The van der Waals surface area contributed by atoms with E-state index in [4.69, 9.17) is 10.00 Å². The molecule has 148 valence electrons. The summed E-state index contributed by atoms with van der Waals surface area (Å²) in [6.07, 6.45) is 2.85. The molecule has 7 nitrogen and oxygen atoms in total. The van der Waals surface area contributed by atoms with Crippen LogP contribution in [0.4, 0.5) is 5.69 Å². The van der Waals surface area contributed by atoms with Crippen molar-refractivity contribution in [1.29, 1.82) is 5.26 Å². The van der Waals surface area contributed by atoms with Gasteiger partial charge in [-0.3, -0.25) is 9.59 Å². The average Bonchev–Trinajstić information content (AvgIpc) is 2.75. The number of unbranched alkanes of at least 4 members (excludes halogenated alkanes) is 2. The zero-order valence-corrected chi connectivity index (χ0v) is 16.2. The number of carbonyl (C=O) groups excluding carboxylic acids is 1. The van der Waals surface area contributed by atoms with Crippen molar-refractivity contribution in [1.82, 2.24) is 9.78 Å².